The maximum atomic E-state index is 15.1. The highest BCUT2D eigenvalue weighted by Gasteiger charge is 2.16. The van der Waals surface area contributed by atoms with E-state index in [9.17, 15) is 4.79 Å². The molecule has 0 saturated carbocycles. The van der Waals surface area contributed by atoms with E-state index in [2.05, 4.69) is 32.5 Å². The number of carbonyl (C=O) groups excluding carboxylic acids is 1. The smallest absolute Gasteiger partial charge is 0.230 e. The van der Waals surface area contributed by atoms with E-state index in [-0.39, 0.29) is 23.2 Å². The Hall–Kier alpha value is -4.32. The minimum atomic E-state index is -0.605. The number of aromatic nitrogens is 1. The average molecular weight is 632 g/mol. The van der Waals surface area contributed by atoms with Crippen LogP contribution in [0.4, 0.5) is 10.1 Å². The van der Waals surface area contributed by atoms with Crippen LogP contribution in [-0.2, 0) is 11.2 Å². The molecule has 0 unspecified atom stereocenters. The molecule has 45 heavy (non-hydrogen) atoms. The molecule has 0 spiro atoms. The molecule has 1 aromatic heterocycles. The van der Waals surface area contributed by atoms with Crippen LogP contribution in [0.5, 0.6) is 23.0 Å². The van der Waals surface area contributed by atoms with Crippen molar-refractivity contribution in [3.8, 4) is 23.0 Å². The number of hydrogen-bond donors (Lipinski definition) is 2. The molecule has 0 bridgehead atoms. The summed E-state index contributed by atoms with van der Waals surface area (Å²) >= 11 is 5.26. The van der Waals surface area contributed by atoms with E-state index in [1.807, 2.05) is 37.3 Å². The van der Waals surface area contributed by atoms with Crippen molar-refractivity contribution in [2.24, 2.45) is 0 Å². The summed E-state index contributed by atoms with van der Waals surface area (Å²) in [4.78, 5) is 21.7. The molecule has 0 radical (unpaired) electrons. The first kappa shape index (κ1) is 32.1. The molecule has 0 aliphatic carbocycles. The third-order valence-corrected chi connectivity index (χ3v) is 7.77. The van der Waals surface area contributed by atoms with Gasteiger partial charge < -0.3 is 34.6 Å². The molecular weight excluding hydrogens is 593 g/mol. The standard InChI is InChI=1S/C34H38FN5O4S/c1-23-6-4-7-24(18-23)19-33(41)38-34(45)37-25-8-9-30(27(35)20-25)44-29-10-11-36-28-22-32(31(42-3)21-26(28)29)43-17-5-12-40-15-13-39(2)14-16-40/h4,6-11,18,20-22H,5,12-17,19H2,1-3H3,(H2,37,38,41,45). The summed E-state index contributed by atoms with van der Waals surface area (Å²) in [6.45, 7) is 7.82. The van der Waals surface area contributed by atoms with E-state index in [1.165, 1.54) is 12.1 Å². The number of amides is 1. The van der Waals surface area contributed by atoms with Gasteiger partial charge in [0.25, 0.3) is 0 Å². The van der Waals surface area contributed by atoms with Crippen LogP contribution in [0.2, 0.25) is 0 Å². The highest BCUT2D eigenvalue weighted by molar-refractivity contribution is 7.80. The zero-order valence-electron chi connectivity index (χ0n) is 25.8. The van der Waals surface area contributed by atoms with E-state index in [1.54, 1.807) is 31.5 Å². The Bertz CT molecular complexity index is 1660. The lowest BCUT2D eigenvalue weighted by Crippen LogP contribution is -2.44. The van der Waals surface area contributed by atoms with Gasteiger partial charge in [-0.05, 0) is 62.4 Å². The lowest BCUT2D eigenvalue weighted by Gasteiger charge is -2.32. The van der Waals surface area contributed by atoms with Gasteiger partial charge in [-0.1, -0.05) is 29.8 Å². The van der Waals surface area contributed by atoms with Gasteiger partial charge in [-0.25, -0.2) is 4.39 Å². The van der Waals surface area contributed by atoms with Gasteiger partial charge in [0.15, 0.2) is 28.2 Å². The molecule has 1 saturated heterocycles. The van der Waals surface area contributed by atoms with E-state index in [0.29, 0.717) is 40.4 Å². The van der Waals surface area contributed by atoms with Gasteiger partial charge in [-0.15, -0.1) is 0 Å². The number of ether oxygens (including phenoxy) is 3. The van der Waals surface area contributed by atoms with Crippen LogP contribution in [0.1, 0.15) is 17.5 Å². The minimum Gasteiger partial charge on any atom is -0.493 e. The van der Waals surface area contributed by atoms with Gasteiger partial charge in [0.05, 0.1) is 25.7 Å². The van der Waals surface area contributed by atoms with Crippen molar-refractivity contribution >= 4 is 39.8 Å². The fourth-order valence-corrected chi connectivity index (χ4v) is 5.38. The van der Waals surface area contributed by atoms with Crippen molar-refractivity contribution in [3.63, 3.8) is 0 Å². The van der Waals surface area contributed by atoms with Crippen molar-refractivity contribution in [1.29, 1.82) is 0 Å². The van der Waals surface area contributed by atoms with E-state index in [0.717, 1.165) is 50.3 Å². The monoisotopic (exact) mass is 631 g/mol. The molecule has 1 fully saturated rings. The maximum Gasteiger partial charge on any atom is 0.230 e. The number of halogens is 1. The largest absolute Gasteiger partial charge is 0.493 e. The lowest BCUT2D eigenvalue weighted by molar-refractivity contribution is -0.119. The van der Waals surface area contributed by atoms with Crippen molar-refractivity contribution in [3.05, 3.63) is 83.8 Å². The fourth-order valence-electron chi connectivity index (χ4n) is 5.15. The molecule has 4 aromatic rings. The van der Waals surface area contributed by atoms with Crippen LogP contribution in [0, 0.1) is 12.7 Å². The zero-order chi connectivity index (χ0) is 31.8. The molecule has 3 aromatic carbocycles. The number of nitrogens with zero attached hydrogens (tertiary/aromatic N) is 3. The number of likely N-dealkylation sites (N-methyl/N-ethyl adjacent to an activating group) is 1. The van der Waals surface area contributed by atoms with Crippen LogP contribution in [0.25, 0.3) is 10.9 Å². The molecule has 0 atom stereocenters. The molecule has 11 heteroatoms. The molecule has 1 aliphatic rings. The summed E-state index contributed by atoms with van der Waals surface area (Å²) in [5, 5.41) is 6.21. The summed E-state index contributed by atoms with van der Waals surface area (Å²) in [6, 6.07) is 17.3. The van der Waals surface area contributed by atoms with Crippen molar-refractivity contribution < 1.29 is 23.4 Å². The van der Waals surface area contributed by atoms with Gasteiger partial charge in [0.2, 0.25) is 5.91 Å². The predicted octanol–water partition coefficient (Wildman–Crippen LogP) is 5.56. The molecule has 2 N–H and O–H groups in total. The molecular formula is C34H38FN5O4S. The van der Waals surface area contributed by atoms with Crippen LogP contribution >= 0.6 is 12.2 Å². The number of methoxy groups -OCH3 is 1. The van der Waals surface area contributed by atoms with Gasteiger partial charge in [0.1, 0.15) is 5.75 Å². The average Bonchev–Trinajstić information content (AvgIpc) is 3.01. The first-order valence-corrected chi connectivity index (χ1v) is 15.3. The third-order valence-electron chi connectivity index (χ3n) is 7.57. The van der Waals surface area contributed by atoms with Gasteiger partial charge in [-0.2, -0.15) is 0 Å². The number of hydrogen-bond acceptors (Lipinski definition) is 8. The lowest BCUT2D eigenvalue weighted by atomic mass is 10.1. The molecule has 9 nitrogen and oxygen atoms in total. The predicted molar refractivity (Wildman–Crippen MR) is 178 cm³/mol. The molecule has 2 heterocycles. The Morgan fingerprint density at radius 3 is 2.58 bits per heavy atom. The third kappa shape index (κ3) is 8.87. The maximum absolute atomic E-state index is 15.1. The van der Waals surface area contributed by atoms with Crippen LogP contribution in [-0.4, -0.2) is 79.3 Å². The highest BCUT2D eigenvalue weighted by Crippen LogP contribution is 2.38. The first-order valence-electron chi connectivity index (χ1n) is 14.9. The SMILES string of the molecule is COc1cc2c(Oc3ccc(NC(=S)NC(=O)Cc4cccc(C)c4)cc3F)ccnc2cc1OCCCN1CCN(C)CC1. The van der Waals surface area contributed by atoms with E-state index >= 15 is 4.39 Å². The molecule has 1 amide bonds. The molecule has 1 aliphatic heterocycles. The second kappa shape index (κ2) is 15.1. The summed E-state index contributed by atoms with van der Waals surface area (Å²) in [5.74, 6) is 0.697. The Balaban J connectivity index is 1.19. The summed E-state index contributed by atoms with van der Waals surface area (Å²) < 4.78 is 32.8. The number of benzene rings is 3. The van der Waals surface area contributed by atoms with Gasteiger partial charge in [0, 0.05) is 62.1 Å². The minimum absolute atomic E-state index is 0.0191. The van der Waals surface area contributed by atoms with Gasteiger partial charge in [-0.3, -0.25) is 9.78 Å². The summed E-state index contributed by atoms with van der Waals surface area (Å²) in [5.41, 5.74) is 2.95. The number of pyridine rings is 1. The molecule has 236 valence electrons. The topological polar surface area (TPSA) is 88.2 Å². The number of rotatable bonds is 11. The fraction of sp³-hybridized carbons (Fsp3) is 0.324. The van der Waals surface area contributed by atoms with Crippen LogP contribution < -0.4 is 24.8 Å². The number of anilines is 1. The Labute approximate surface area is 268 Å². The number of fused-ring (bicyclic) bond motifs is 1. The number of aryl methyl sites for hydroxylation is 1. The van der Waals surface area contributed by atoms with E-state index in [4.69, 9.17) is 26.4 Å². The van der Waals surface area contributed by atoms with E-state index < -0.39 is 5.82 Å². The zero-order valence-corrected chi connectivity index (χ0v) is 26.6. The Kier molecular flexibility index (Phi) is 10.8. The first-order chi connectivity index (χ1) is 21.8. The highest BCUT2D eigenvalue weighted by atomic mass is 32.1. The number of thiocarbonyl (C=S) groups is 1. The van der Waals surface area contributed by atoms with Crippen LogP contribution in [0.15, 0.2) is 66.9 Å². The number of nitrogens with one attached hydrogen (secondary N) is 2. The van der Waals surface area contributed by atoms with Crippen molar-refractivity contribution in [2.75, 3.05) is 58.8 Å². The number of carbonyl (C=O) groups is 1. The molecule has 5 rings (SSSR count). The van der Waals surface area contributed by atoms with Crippen molar-refractivity contribution in [1.82, 2.24) is 20.1 Å². The van der Waals surface area contributed by atoms with Gasteiger partial charge >= 0.3 is 0 Å². The number of piperazine rings is 1. The summed E-state index contributed by atoms with van der Waals surface area (Å²) in [6.07, 6.45) is 2.68. The second-order valence-corrected chi connectivity index (χ2v) is 11.5. The Morgan fingerprint density at radius 1 is 1.00 bits per heavy atom. The van der Waals surface area contributed by atoms with Crippen molar-refractivity contribution in [2.45, 2.75) is 19.8 Å². The Morgan fingerprint density at radius 2 is 1.82 bits per heavy atom. The van der Waals surface area contributed by atoms with Crippen LogP contribution in [0.3, 0.4) is 0 Å². The normalized spacial score (nSPS) is 13.8. The summed E-state index contributed by atoms with van der Waals surface area (Å²) in [7, 11) is 3.73. The quantitative estimate of drug-likeness (QED) is 0.163. The second-order valence-electron chi connectivity index (χ2n) is 11.1.